The van der Waals surface area contributed by atoms with E-state index in [1.165, 1.54) is 11.5 Å². The van der Waals surface area contributed by atoms with Crippen LogP contribution in [0.25, 0.3) is 11.0 Å². The Labute approximate surface area is 109 Å². The predicted molar refractivity (Wildman–Crippen MR) is 71.3 cm³/mol. The maximum Gasteiger partial charge on any atom is 0.306 e. The minimum atomic E-state index is -0.128. The van der Waals surface area contributed by atoms with Gasteiger partial charge in [0.15, 0.2) is 15.6 Å². The first-order valence-corrected chi connectivity index (χ1v) is 6.65. The summed E-state index contributed by atoms with van der Waals surface area (Å²) in [5.74, 6) is 0. The Hall–Kier alpha value is -1.93. The van der Waals surface area contributed by atoms with Gasteiger partial charge in [-0.25, -0.2) is 4.98 Å². The van der Waals surface area contributed by atoms with E-state index < -0.39 is 0 Å². The number of thiazole rings is 1. The van der Waals surface area contributed by atoms with Crippen molar-refractivity contribution in [2.75, 3.05) is 0 Å². The minimum Gasteiger partial charge on any atom is -0.315 e. The molecule has 0 amide bonds. The number of fused-ring (bicyclic) bond motifs is 1. The first-order valence-electron chi connectivity index (χ1n) is 5.06. The first kappa shape index (κ1) is 11.2. The van der Waals surface area contributed by atoms with Crippen LogP contribution in [0.4, 0.5) is 10.0 Å². The highest BCUT2D eigenvalue weighted by molar-refractivity contribution is 7.13. The van der Waals surface area contributed by atoms with Crippen molar-refractivity contribution < 1.29 is 0 Å². The third-order valence-corrected chi connectivity index (χ3v) is 3.87. The molecule has 0 aliphatic heterocycles. The van der Waals surface area contributed by atoms with Crippen molar-refractivity contribution in [2.24, 2.45) is 10.2 Å². The van der Waals surface area contributed by atoms with Gasteiger partial charge < -0.3 is 4.98 Å². The van der Waals surface area contributed by atoms with Gasteiger partial charge in [0, 0.05) is 6.20 Å². The molecule has 0 aliphatic rings. The summed E-state index contributed by atoms with van der Waals surface area (Å²) in [6.45, 7) is 1.79. The fourth-order valence-electron chi connectivity index (χ4n) is 1.43. The molecule has 3 aromatic heterocycles. The van der Waals surface area contributed by atoms with E-state index in [0.717, 1.165) is 22.4 Å². The maximum atomic E-state index is 11.1. The molecule has 0 fully saturated rings. The van der Waals surface area contributed by atoms with Gasteiger partial charge in [-0.15, -0.1) is 10.2 Å². The molecule has 8 heteroatoms. The highest BCUT2D eigenvalue weighted by Crippen LogP contribution is 2.31. The molecule has 0 atom stereocenters. The van der Waals surface area contributed by atoms with Gasteiger partial charge in [-0.1, -0.05) is 11.3 Å². The summed E-state index contributed by atoms with van der Waals surface area (Å²) in [7, 11) is 0. The van der Waals surface area contributed by atoms with E-state index in [4.69, 9.17) is 0 Å². The lowest BCUT2D eigenvalue weighted by Gasteiger charge is -1.88. The molecule has 3 heterocycles. The van der Waals surface area contributed by atoms with Crippen LogP contribution in [0.1, 0.15) is 5.69 Å². The number of H-pyrrole nitrogens is 1. The summed E-state index contributed by atoms with van der Waals surface area (Å²) >= 11 is 2.28. The van der Waals surface area contributed by atoms with E-state index in [-0.39, 0.29) is 4.87 Å². The second-order valence-corrected chi connectivity index (χ2v) is 5.22. The molecule has 90 valence electrons. The minimum absolute atomic E-state index is 0.128. The first-order chi connectivity index (χ1) is 8.74. The number of aromatic nitrogens is 3. The van der Waals surface area contributed by atoms with Crippen molar-refractivity contribution in [3.63, 3.8) is 0 Å². The smallest absolute Gasteiger partial charge is 0.306 e. The zero-order valence-electron chi connectivity index (χ0n) is 9.25. The molecule has 0 spiro atoms. The van der Waals surface area contributed by atoms with Crippen molar-refractivity contribution in [2.45, 2.75) is 6.92 Å². The standard InChI is InChI=1S/C10H7N5OS2/c1-5-8(17-10(16)12-5)13-14-9-6-3-2-4-11-7(6)15-18-9/h2-4H,1H3,(H,12,16)/b14-13+. The van der Waals surface area contributed by atoms with Gasteiger partial charge in [-0.3, -0.25) is 4.79 Å². The predicted octanol–water partition coefficient (Wildman–Crippen LogP) is 3.16. The Balaban J connectivity index is 2.02. The fourth-order valence-corrected chi connectivity index (χ4v) is 2.75. The van der Waals surface area contributed by atoms with Crippen LogP contribution < -0.4 is 4.87 Å². The summed E-state index contributed by atoms with van der Waals surface area (Å²) in [6, 6.07) is 3.72. The van der Waals surface area contributed by atoms with Crippen molar-refractivity contribution >= 4 is 43.9 Å². The lowest BCUT2D eigenvalue weighted by atomic mass is 10.3. The van der Waals surface area contributed by atoms with Crippen LogP contribution in [0, 0.1) is 6.92 Å². The molecule has 0 radical (unpaired) electrons. The number of hydrogen-bond acceptors (Lipinski definition) is 7. The van der Waals surface area contributed by atoms with Crippen LogP contribution in [-0.2, 0) is 0 Å². The van der Waals surface area contributed by atoms with E-state index in [2.05, 4.69) is 24.6 Å². The molecule has 0 aliphatic carbocycles. The molecule has 0 aromatic carbocycles. The average molecular weight is 277 g/mol. The van der Waals surface area contributed by atoms with Crippen LogP contribution in [0.5, 0.6) is 0 Å². The van der Waals surface area contributed by atoms with Gasteiger partial charge in [0.2, 0.25) is 0 Å². The molecule has 0 bridgehead atoms. The van der Waals surface area contributed by atoms with Crippen molar-refractivity contribution in [1.82, 2.24) is 14.3 Å². The number of nitrogens with zero attached hydrogens (tertiary/aromatic N) is 4. The number of pyridine rings is 1. The van der Waals surface area contributed by atoms with Crippen LogP contribution >= 0.6 is 22.9 Å². The average Bonchev–Trinajstić information content (AvgIpc) is 2.90. The number of hydrogen-bond donors (Lipinski definition) is 1. The highest BCUT2D eigenvalue weighted by Gasteiger charge is 2.06. The van der Waals surface area contributed by atoms with Crippen LogP contribution in [-0.4, -0.2) is 14.3 Å². The zero-order chi connectivity index (χ0) is 12.5. The normalized spacial score (nSPS) is 11.6. The number of aryl methyl sites for hydroxylation is 1. The van der Waals surface area contributed by atoms with Crippen molar-refractivity contribution in [3.8, 4) is 0 Å². The Kier molecular flexibility index (Phi) is 2.73. The molecule has 1 N–H and O–H groups in total. The monoisotopic (exact) mass is 277 g/mol. The second-order valence-electron chi connectivity index (χ2n) is 3.51. The summed E-state index contributed by atoms with van der Waals surface area (Å²) in [5, 5.41) is 10.4. The fraction of sp³-hybridized carbons (Fsp3) is 0.100. The van der Waals surface area contributed by atoms with E-state index in [1.807, 2.05) is 12.1 Å². The molecular weight excluding hydrogens is 270 g/mol. The van der Waals surface area contributed by atoms with Crippen LogP contribution in [0.2, 0.25) is 0 Å². The molecular formula is C10H7N5OS2. The zero-order valence-corrected chi connectivity index (χ0v) is 10.9. The summed E-state index contributed by atoms with van der Waals surface area (Å²) in [5.41, 5.74) is 1.39. The number of rotatable bonds is 2. The molecule has 0 saturated heterocycles. The third-order valence-electron chi connectivity index (χ3n) is 2.27. The highest BCUT2D eigenvalue weighted by atomic mass is 32.1. The van der Waals surface area contributed by atoms with Gasteiger partial charge in [0.25, 0.3) is 0 Å². The maximum absolute atomic E-state index is 11.1. The molecule has 3 rings (SSSR count). The Morgan fingerprint density at radius 3 is 2.94 bits per heavy atom. The lowest BCUT2D eigenvalue weighted by molar-refractivity contribution is 1.18. The summed E-state index contributed by atoms with van der Waals surface area (Å²) < 4.78 is 4.17. The van der Waals surface area contributed by atoms with Gasteiger partial charge in [-0.05, 0) is 30.6 Å². The van der Waals surface area contributed by atoms with Crippen molar-refractivity contribution in [1.29, 1.82) is 0 Å². The number of aromatic amines is 1. The lowest BCUT2D eigenvalue weighted by Crippen LogP contribution is -1.90. The number of nitrogens with one attached hydrogen (secondary N) is 1. The third kappa shape index (κ3) is 1.95. The number of azo groups is 1. The summed E-state index contributed by atoms with van der Waals surface area (Å²) in [6.07, 6.45) is 1.69. The molecule has 0 unspecified atom stereocenters. The van der Waals surface area contributed by atoms with Crippen LogP contribution in [0.15, 0.2) is 33.4 Å². The van der Waals surface area contributed by atoms with Crippen molar-refractivity contribution in [3.05, 3.63) is 33.7 Å². The van der Waals surface area contributed by atoms with Gasteiger partial charge >= 0.3 is 4.87 Å². The SMILES string of the molecule is Cc1[nH]c(=O)sc1/N=N/c1snc2ncccc12. The van der Waals surface area contributed by atoms with Gasteiger partial charge in [0.1, 0.15) is 0 Å². The van der Waals surface area contributed by atoms with E-state index in [0.29, 0.717) is 15.6 Å². The van der Waals surface area contributed by atoms with Crippen LogP contribution in [0.3, 0.4) is 0 Å². The molecule has 3 aromatic rings. The molecule has 6 nitrogen and oxygen atoms in total. The van der Waals surface area contributed by atoms with E-state index in [1.54, 1.807) is 13.1 Å². The van der Waals surface area contributed by atoms with E-state index >= 15 is 0 Å². The second kappa shape index (κ2) is 4.39. The molecule has 0 saturated carbocycles. The Bertz CT molecular complexity index is 785. The Morgan fingerprint density at radius 2 is 2.17 bits per heavy atom. The summed E-state index contributed by atoms with van der Waals surface area (Å²) in [4.78, 5) is 17.8. The molecule has 18 heavy (non-hydrogen) atoms. The van der Waals surface area contributed by atoms with E-state index in [9.17, 15) is 4.79 Å². The quantitative estimate of drug-likeness (QED) is 0.730. The van der Waals surface area contributed by atoms with Gasteiger partial charge in [0.05, 0.1) is 11.1 Å². The Morgan fingerprint density at radius 1 is 1.33 bits per heavy atom. The topological polar surface area (TPSA) is 83.4 Å². The largest absolute Gasteiger partial charge is 0.315 e. The van der Waals surface area contributed by atoms with Gasteiger partial charge in [-0.2, -0.15) is 4.37 Å².